The zero-order valence-corrected chi connectivity index (χ0v) is 15.3. The first-order chi connectivity index (χ1) is 11.8. The van der Waals surface area contributed by atoms with Gasteiger partial charge in [0.15, 0.2) is 16.4 Å². The van der Waals surface area contributed by atoms with Gasteiger partial charge in [0.05, 0.1) is 22.8 Å². The van der Waals surface area contributed by atoms with Gasteiger partial charge in [0.2, 0.25) is 0 Å². The van der Waals surface area contributed by atoms with E-state index in [9.17, 15) is 22.8 Å². The van der Waals surface area contributed by atoms with Crippen LogP contribution in [0.4, 0.5) is 0 Å². The minimum absolute atomic E-state index is 0.0148. The van der Waals surface area contributed by atoms with Crippen LogP contribution in [0.25, 0.3) is 0 Å². The lowest BCUT2D eigenvalue weighted by Gasteiger charge is -2.12. The lowest BCUT2D eigenvalue weighted by molar-refractivity contribution is -0.124. The van der Waals surface area contributed by atoms with Gasteiger partial charge in [0, 0.05) is 10.9 Å². The number of ether oxygens (including phenoxy) is 1. The largest absolute Gasteiger partial charge is 0.452 e. The van der Waals surface area contributed by atoms with Crippen LogP contribution in [0.5, 0.6) is 0 Å². The van der Waals surface area contributed by atoms with E-state index >= 15 is 0 Å². The Morgan fingerprint density at radius 1 is 1.28 bits per heavy atom. The van der Waals surface area contributed by atoms with Crippen LogP contribution in [-0.2, 0) is 24.2 Å². The molecule has 1 N–H and O–H groups in total. The third-order valence-electron chi connectivity index (χ3n) is 3.47. The molecule has 1 saturated heterocycles. The zero-order valence-electron chi connectivity index (χ0n) is 13.7. The average molecular weight is 385 g/mol. The summed E-state index contributed by atoms with van der Waals surface area (Å²) in [4.78, 5) is 35.7. The van der Waals surface area contributed by atoms with Crippen LogP contribution in [0.3, 0.4) is 0 Å². The fourth-order valence-corrected chi connectivity index (χ4v) is 4.84. The molecule has 1 aliphatic heterocycles. The highest BCUT2D eigenvalue weighted by molar-refractivity contribution is 8.00. The van der Waals surface area contributed by atoms with E-state index in [1.807, 2.05) is 0 Å². The monoisotopic (exact) mass is 385 g/mol. The van der Waals surface area contributed by atoms with Crippen LogP contribution in [-0.4, -0.2) is 56.0 Å². The molecule has 1 aliphatic rings. The van der Waals surface area contributed by atoms with E-state index in [1.165, 1.54) is 18.7 Å². The standard InChI is InChI=1S/C16H19NO6S2/c1-11(18)9-24-14-5-3-2-4-13(14)16(20)23-8-15(19)17-12-6-7-25(21,22)10-12/h2-5,12H,6-10H2,1H3,(H,17,19)/t12-/m0/s1. The smallest absolute Gasteiger partial charge is 0.339 e. The van der Waals surface area contributed by atoms with Crippen molar-refractivity contribution in [1.29, 1.82) is 0 Å². The van der Waals surface area contributed by atoms with Gasteiger partial charge >= 0.3 is 5.97 Å². The van der Waals surface area contributed by atoms with Gasteiger partial charge in [-0.25, -0.2) is 13.2 Å². The fourth-order valence-electron chi connectivity index (χ4n) is 2.33. The van der Waals surface area contributed by atoms with Gasteiger partial charge in [-0.2, -0.15) is 0 Å². The molecule has 25 heavy (non-hydrogen) atoms. The number of Topliss-reactive ketones (excluding diaryl/α,β-unsaturated/α-hetero) is 1. The van der Waals surface area contributed by atoms with Gasteiger partial charge in [-0.3, -0.25) is 9.59 Å². The molecule has 0 aliphatic carbocycles. The number of thioether (sulfide) groups is 1. The predicted molar refractivity (Wildman–Crippen MR) is 93.3 cm³/mol. The Labute approximate surface area is 150 Å². The number of benzene rings is 1. The Morgan fingerprint density at radius 3 is 2.64 bits per heavy atom. The number of hydrogen-bond donors (Lipinski definition) is 1. The molecule has 2 rings (SSSR count). The Morgan fingerprint density at radius 2 is 2.00 bits per heavy atom. The van der Waals surface area contributed by atoms with Crippen molar-refractivity contribution in [3.05, 3.63) is 29.8 Å². The molecule has 0 radical (unpaired) electrons. The summed E-state index contributed by atoms with van der Waals surface area (Å²) in [5.41, 5.74) is 0.282. The number of ketones is 1. The van der Waals surface area contributed by atoms with Gasteiger partial charge in [-0.1, -0.05) is 12.1 Å². The second kappa shape index (κ2) is 8.48. The summed E-state index contributed by atoms with van der Waals surface area (Å²) in [6, 6.07) is 6.24. The topological polar surface area (TPSA) is 107 Å². The normalized spacial score (nSPS) is 18.5. The first-order valence-electron chi connectivity index (χ1n) is 7.65. The van der Waals surface area contributed by atoms with Crippen molar-refractivity contribution in [3.63, 3.8) is 0 Å². The van der Waals surface area contributed by atoms with Crippen LogP contribution in [0.1, 0.15) is 23.7 Å². The lowest BCUT2D eigenvalue weighted by atomic mass is 10.2. The predicted octanol–water partition coefficient (Wildman–Crippen LogP) is 0.828. The number of hydrogen-bond acceptors (Lipinski definition) is 7. The third kappa shape index (κ3) is 6.17. The Hall–Kier alpha value is -1.87. The maximum absolute atomic E-state index is 12.2. The number of sulfone groups is 1. The van der Waals surface area contributed by atoms with E-state index in [0.29, 0.717) is 11.3 Å². The quantitative estimate of drug-likeness (QED) is 0.547. The van der Waals surface area contributed by atoms with Gasteiger partial charge in [0.1, 0.15) is 5.78 Å². The van der Waals surface area contributed by atoms with Crippen molar-refractivity contribution in [2.75, 3.05) is 23.9 Å². The molecule has 1 heterocycles. The first-order valence-corrected chi connectivity index (χ1v) is 10.5. The number of carbonyl (C=O) groups excluding carboxylic acids is 3. The summed E-state index contributed by atoms with van der Waals surface area (Å²) in [6.07, 6.45) is 0.368. The highest BCUT2D eigenvalue weighted by atomic mass is 32.2. The number of rotatable bonds is 7. The number of nitrogens with one attached hydrogen (secondary N) is 1. The molecular weight excluding hydrogens is 366 g/mol. The maximum atomic E-state index is 12.2. The summed E-state index contributed by atoms with van der Waals surface area (Å²) in [6.45, 7) is 0.975. The molecule has 0 unspecified atom stereocenters. The highest BCUT2D eigenvalue weighted by Crippen LogP contribution is 2.23. The van der Waals surface area contributed by atoms with Gasteiger partial charge in [-0.05, 0) is 25.5 Å². The molecule has 9 heteroatoms. The van der Waals surface area contributed by atoms with Crippen LogP contribution < -0.4 is 5.32 Å². The zero-order chi connectivity index (χ0) is 18.4. The summed E-state index contributed by atoms with van der Waals surface area (Å²) in [5, 5.41) is 2.55. The minimum Gasteiger partial charge on any atom is -0.452 e. The van der Waals surface area contributed by atoms with Crippen LogP contribution in [0.2, 0.25) is 0 Å². The molecule has 1 aromatic carbocycles. The Balaban J connectivity index is 1.87. The molecule has 1 atom stereocenters. The molecular formula is C16H19NO6S2. The van der Waals surface area contributed by atoms with E-state index in [-0.39, 0.29) is 28.6 Å². The third-order valence-corrected chi connectivity index (χ3v) is 6.46. The second-order valence-corrected chi connectivity index (χ2v) is 8.98. The summed E-state index contributed by atoms with van der Waals surface area (Å²) in [7, 11) is -3.09. The number of esters is 1. The Kier molecular flexibility index (Phi) is 6.60. The van der Waals surface area contributed by atoms with E-state index in [2.05, 4.69) is 5.32 Å². The van der Waals surface area contributed by atoms with Crippen molar-refractivity contribution in [1.82, 2.24) is 5.32 Å². The fraction of sp³-hybridized carbons (Fsp3) is 0.438. The lowest BCUT2D eigenvalue weighted by Crippen LogP contribution is -2.38. The van der Waals surface area contributed by atoms with Crippen molar-refractivity contribution in [3.8, 4) is 0 Å². The van der Waals surface area contributed by atoms with Crippen LogP contribution >= 0.6 is 11.8 Å². The van der Waals surface area contributed by atoms with Gasteiger partial charge < -0.3 is 10.1 Å². The van der Waals surface area contributed by atoms with Gasteiger partial charge in [0.25, 0.3) is 5.91 Å². The minimum atomic E-state index is -3.09. The van der Waals surface area contributed by atoms with E-state index in [0.717, 1.165) is 0 Å². The van der Waals surface area contributed by atoms with E-state index in [4.69, 9.17) is 4.74 Å². The summed E-state index contributed by atoms with van der Waals surface area (Å²) < 4.78 is 27.7. The summed E-state index contributed by atoms with van der Waals surface area (Å²) >= 11 is 1.23. The average Bonchev–Trinajstić information content (AvgIpc) is 2.89. The molecule has 0 bridgehead atoms. The molecule has 1 fully saturated rings. The van der Waals surface area contributed by atoms with E-state index < -0.39 is 34.4 Å². The Bertz CT molecular complexity index is 775. The second-order valence-electron chi connectivity index (χ2n) is 5.73. The molecule has 1 amide bonds. The van der Waals surface area contributed by atoms with E-state index in [1.54, 1.807) is 24.3 Å². The maximum Gasteiger partial charge on any atom is 0.339 e. The summed E-state index contributed by atoms with van der Waals surface area (Å²) in [5.74, 6) is -1.01. The molecule has 136 valence electrons. The number of amides is 1. The number of carbonyl (C=O) groups is 3. The highest BCUT2D eigenvalue weighted by Gasteiger charge is 2.29. The molecule has 1 aromatic rings. The molecule has 0 saturated carbocycles. The van der Waals surface area contributed by atoms with Crippen molar-refractivity contribution >= 4 is 39.3 Å². The van der Waals surface area contributed by atoms with Gasteiger partial charge in [-0.15, -0.1) is 11.8 Å². The first kappa shape index (κ1) is 19.5. The molecule has 0 aromatic heterocycles. The van der Waals surface area contributed by atoms with Crippen molar-refractivity contribution in [2.24, 2.45) is 0 Å². The van der Waals surface area contributed by atoms with Crippen LogP contribution in [0.15, 0.2) is 29.2 Å². The van der Waals surface area contributed by atoms with Crippen molar-refractivity contribution < 1.29 is 27.5 Å². The SMILES string of the molecule is CC(=O)CSc1ccccc1C(=O)OCC(=O)N[C@H]1CCS(=O)(=O)C1. The molecule has 0 spiro atoms. The van der Waals surface area contributed by atoms with Crippen LogP contribution in [0, 0.1) is 0 Å². The van der Waals surface area contributed by atoms with Crippen molar-refractivity contribution in [2.45, 2.75) is 24.3 Å². The molecule has 7 nitrogen and oxygen atoms in total.